The van der Waals surface area contributed by atoms with Gasteiger partial charge in [-0.3, -0.25) is 9.78 Å². The molecule has 19 heavy (non-hydrogen) atoms. The van der Waals surface area contributed by atoms with Crippen LogP contribution in [0.5, 0.6) is 0 Å². The predicted octanol–water partition coefficient (Wildman–Crippen LogP) is 0.557. The molecule has 2 heterocycles. The van der Waals surface area contributed by atoms with Gasteiger partial charge in [0.1, 0.15) is 0 Å². The van der Waals surface area contributed by atoms with Gasteiger partial charge in [0.15, 0.2) is 0 Å². The molecule has 0 atom stereocenters. The minimum Gasteiger partial charge on any atom is -0.352 e. The number of nitrogens with two attached hydrogens (primary N) is 1. The summed E-state index contributed by atoms with van der Waals surface area (Å²) >= 11 is 0. The van der Waals surface area contributed by atoms with E-state index >= 15 is 0 Å². The Morgan fingerprint density at radius 2 is 2.32 bits per heavy atom. The number of hydrogen-bond donors (Lipinski definition) is 2. The molecule has 0 aliphatic heterocycles. The van der Waals surface area contributed by atoms with Gasteiger partial charge in [-0.2, -0.15) is 0 Å². The fourth-order valence-electron chi connectivity index (χ4n) is 1.72. The molecule has 0 unspecified atom stereocenters. The third kappa shape index (κ3) is 3.89. The van der Waals surface area contributed by atoms with Crippen molar-refractivity contribution >= 4 is 5.91 Å². The van der Waals surface area contributed by atoms with E-state index in [0.29, 0.717) is 24.3 Å². The van der Waals surface area contributed by atoms with Crippen molar-refractivity contribution in [3.8, 4) is 0 Å². The normalized spacial score (nSPS) is 10.4. The highest BCUT2D eigenvalue weighted by molar-refractivity contribution is 5.94. The lowest BCUT2D eigenvalue weighted by Crippen LogP contribution is -2.25. The maximum Gasteiger partial charge on any atom is 0.251 e. The van der Waals surface area contributed by atoms with Gasteiger partial charge in [-0.25, -0.2) is 4.98 Å². The first-order valence-corrected chi connectivity index (χ1v) is 6.18. The SMILES string of the molecule is NCc1cc(C(=O)NCCCn2ccnc2)ccn1. The van der Waals surface area contributed by atoms with Gasteiger partial charge in [-0.1, -0.05) is 0 Å². The standard InChI is InChI=1S/C13H17N5O/c14-9-12-8-11(2-4-16-12)13(19)17-3-1-6-18-7-5-15-10-18/h2,4-5,7-8,10H,1,3,6,9,14H2,(H,17,19). The first-order valence-electron chi connectivity index (χ1n) is 6.18. The van der Waals surface area contributed by atoms with Crippen LogP contribution in [0.3, 0.4) is 0 Å². The maximum atomic E-state index is 11.9. The highest BCUT2D eigenvalue weighted by Crippen LogP contribution is 2.01. The van der Waals surface area contributed by atoms with Crippen molar-refractivity contribution in [3.05, 3.63) is 48.3 Å². The zero-order chi connectivity index (χ0) is 13.5. The van der Waals surface area contributed by atoms with Crippen LogP contribution in [-0.4, -0.2) is 27.0 Å². The van der Waals surface area contributed by atoms with Gasteiger partial charge in [0, 0.05) is 43.8 Å². The number of aromatic nitrogens is 3. The first-order chi connectivity index (χ1) is 9.29. The highest BCUT2D eigenvalue weighted by atomic mass is 16.1. The van der Waals surface area contributed by atoms with Gasteiger partial charge in [-0.15, -0.1) is 0 Å². The molecule has 1 amide bonds. The summed E-state index contributed by atoms with van der Waals surface area (Å²) in [6, 6.07) is 3.40. The fourth-order valence-corrected chi connectivity index (χ4v) is 1.72. The fraction of sp³-hybridized carbons (Fsp3) is 0.308. The van der Waals surface area contributed by atoms with Crippen LogP contribution in [0.2, 0.25) is 0 Å². The monoisotopic (exact) mass is 259 g/mol. The molecule has 0 saturated heterocycles. The Morgan fingerprint density at radius 3 is 3.05 bits per heavy atom. The first kappa shape index (κ1) is 13.2. The van der Waals surface area contributed by atoms with E-state index in [1.807, 2.05) is 10.8 Å². The molecule has 0 fully saturated rings. The molecule has 2 aromatic heterocycles. The number of aryl methyl sites for hydroxylation is 1. The Balaban J connectivity index is 1.77. The zero-order valence-electron chi connectivity index (χ0n) is 10.6. The van der Waals surface area contributed by atoms with Crippen LogP contribution in [0.4, 0.5) is 0 Å². The average molecular weight is 259 g/mol. The third-order valence-electron chi connectivity index (χ3n) is 2.73. The summed E-state index contributed by atoms with van der Waals surface area (Å²) in [5.74, 6) is -0.0947. The quantitative estimate of drug-likeness (QED) is 0.742. The smallest absolute Gasteiger partial charge is 0.251 e. The molecule has 0 bridgehead atoms. The Kier molecular flexibility index (Phi) is 4.63. The largest absolute Gasteiger partial charge is 0.352 e. The molecule has 0 spiro atoms. The number of carbonyl (C=O) groups excluding carboxylic acids is 1. The average Bonchev–Trinajstić information content (AvgIpc) is 2.96. The number of imidazole rings is 1. The van der Waals surface area contributed by atoms with E-state index in [-0.39, 0.29) is 5.91 Å². The number of nitrogens with one attached hydrogen (secondary N) is 1. The van der Waals surface area contributed by atoms with Crippen LogP contribution in [0, 0.1) is 0 Å². The van der Waals surface area contributed by atoms with Gasteiger partial charge in [0.2, 0.25) is 0 Å². The zero-order valence-corrected chi connectivity index (χ0v) is 10.6. The lowest BCUT2D eigenvalue weighted by atomic mass is 10.2. The summed E-state index contributed by atoms with van der Waals surface area (Å²) in [6.45, 7) is 1.80. The number of hydrogen-bond acceptors (Lipinski definition) is 4. The lowest BCUT2D eigenvalue weighted by Gasteiger charge is -2.06. The molecule has 3 N–H and O–H groups in total. The van der Waals surface area contributed by atoms with Crippen LogP contribution in [0.25, 0.3) is 0 Å². The van der Waals surface area contributed by atoms with E-state index in [4.69, 9.17) is 5.73 Å². The lowest BCUT2D eigenvalue weighted by molar-refractivity contribution is 0.0952. The molecule has 0 radical (unpaired) electrons. The maximum absolute atomic E-state index is 11.9. The molecule has 6 nitrogen and oxygen atoms in total. The molecule has 0 saturated carbocycles. The van der Waals surface area contributed by atoms with Crippen LogP contribution >= 0.6 is 0 Å². The molecule has 2 rings (SSSR count). The summed E-state index contributed by atoms with van der Waals surface area (Å²) in [7, 11) is 0. The molecular weight excluding hydrogens is 242 g/mol. The van der Waals surface area contributed by atoms with Crippen molar-refractivity contribution in [1.29, 1.82) is 0 Å². The summed E-state index contributed by atoms with van der Waals surface area (Å²) in [5, 5.41) is 2.87. The van der Waals surface area contributed by atoms with Crippen molar-refractivity contribution in [2.45, 2.75) is 19.5 Å². The Bertz CT molecular complexity index is 524. The van der Waals surface area contributed by atoms with E-state index in [1.54, 1.807) is 30.9 Å². The van der Waals surface area contributed by atoms with E-state index in [2.05, 4.69) is 15.3 Å². The van der Waals surface area contributed by atoms with E-state index in [9.17, 15) is 4.79 Å². The number of carbonyl (C=O) groups is 1. The van der Waals surface area contributed by atoms with E-state index in [0.717, 1.165) is 13.0 Å². The van der Waals surface area contributed by atoms with Crippen molar-refractivity contribution < 1.29 is 4.79 Å². The Labute approximate surface area is 111 Å². The summed E-state index contributed by atoms with van der Waals surface area (Å²) < 4.78 is 1.98. The summed E-state index contributed by atoms with van der Waals surface area (Å²) in [4.78, 5) is 19.9. The molecular formula is C13H17N5O. The molecule has 0 aromatic carbocycles. The molecule has 2 aromatic rings. The number of amides is 1. The van der Waals surface area contributed by atoms with Crippen LogP contribution < -0.4 is 11.1 Å². The summed E-state index contributed by atoms with van der Waals surface area (Å²) in [5.41, 5.74) is 6.80. The predicted molar refractivity (Wildman–Crippen MR) is 71.3 cm³/mol. The van der Waals surface area contributed by atoms with Crippen LogP contribution in [0.1, 0.15) is 22.5 Å². The van der Waals surface area contributed by atoms with Gasteiger partial charge < -0.3 is 15.6 Å². The van der Waals surface area contributed by atoms with Crippen molar-refractivity contribution in [3.63, 3.8) is 0 Å². The van der Waals surface area contributed by atoms with E-state index in [1.165, 1.54) is 0 Å². The van der Waals surface area contributed by atoms with Crippen molar-refractivity contribution in [2.75, 3.05) is 6.54 Å². The number of nitrogens with zero attached hydrogens (tertiary/aromatic N) is 3. The van der Waals surface area contributed by atoms with Gasteiger partial charge in [0.25, 0.3) is 5.91 Å². The Morgan fingerprint density at radius 1 is 1.42 bits per heavy atom. The molecule has 0 aliphatic carbocycles. The molecule has 0 aliphatic rings. The topological polar surface area (TPSA) is 85.8 Å². The minimum absolute atomic E-state index is 0.0947. The number of pyridine rings is 1. The minimum atomic E-state index is -0.0947. The number of rotatable bonds is 6. The van der Waals surface area contributed by atoms with Gasteiger partial charge >= 0.3 is 0 Å². The van der Waals surface area contributed by atoms with Gasteiger partial charge in [0.05, 0.1) is 12.0 Å². The van der Waals surface area contributed by atoms with Crippen LogP contribution in [-0.2, 0) is 13.1 Å². The molecule has 100 valence electrons. The second kappa shape index (κ2) is 6.65. The Hall–Kier alpha value is -2.21. The third-order valence-corrected chi connectivity index (χ3v) is 2.73. The summed E-state index contributed by atoms with van der Waals surface area (Å²) in [6.07, 6.45) is 7.86. The second-order valence-corrected chi connectivity index (χ2v) is 4.15. The second-order valence-electron chi connectivity index (χ2n) is 4.15. The highest BCUT2D eigenvalue weighted by Gasteiger charge is 2.05. The van der Waals surface area contributed by atoms with E-state index < -0.39 is 0 Å². The molecule has 6 heteroatoms. The van der Waals surface area contributed by atoms with Crippen molar-refractivity contribution in [1.82, 2.24) is 19.9 Å². The van der Waals surface area contributed by atoms with Crippen LogP contribution in [0.15, 0.2) is 37.1 Å². The van der Waals surface area contributed by atoms with Gasteiger partial charge in [-0.05, 0) is 18.6 Å². The van der Waals surface area contributed by atoms with Crippen molar-refractivity contribution in [2.24, 2.45) is 5.73 Å².